The molecule has 61 heavy (non-hydrogen) atoms. The minimum absolute atomic E-state index is 0.224. The van der Waals surface area contributed by atoms with E-state index in [0.717, 1.165) is 60.9 Å². The van der Waals surface area contributed by atoms with Gasteiger partial charge < -0.3 is 4.57 Å². The number of nitrogens with zero attached hydrogens (tertiary/aromatic N) is 4. The highest BCUT2D eigenvalue weighted by molar-refractivity contribution is 6.26. The third-order valence-electron chi connectivity index (χ3n) is 12.8. The molecule has 2 aliphatic rings. The number of aliphatic imine (C=N–C) groups is 2. The normalized spacial score (nSPS) is 14.4. The van der Waals surface area contributed by atoms with Crippen molar-refractivity contribution in [1.82, 2.24) is 9.13 Å². The van der Waals surface area contributed by atoms with Gasteiger partial charge in [-0.05, 0) is 64.6 Å². The van der Waals surface area contributed by atoms with Gasteiger partial charge in [0, 0.05) is 49.3 Å². The van der Waals surface area contributed by atoms with E-state index >= 15 is 0 Å². The summed E-state index contributed by atoms with van der Waals surface area (Å²) in [5.74, 6) is 1.34. The number of hydrogen-bond donors (Lipinski definition) is 0. The minimum atomic E-state index is -0.224. The predicted octanol–water partition coefficient (Wildman–Crippen LogP) is 14.2. The fraction of sp³-hybridized carbons (Fsp3) is 0.0702. The molecular weight excluding hydrogens is 741 g/mol. The molecule has 0 spiro atoms. The van der Waals surface area contributed by atoms with Crippen LogP contribution in [0.15, 0.2) is 209 Å². The smallest absolute Gasteiger partial charge is 0.184 e. The average Bonchev–Trinajstić information content (AvgIpc) is 3.86. The SMILES string of the molecule is CC1=C=C(n2c3ccccc3c3ccc4c5ccccc5n(-c5cccc(-c6ccccc6)c5)c4c32)N=C(c2ccccc2)N=C1c1cccc2c1C(C)(C)c1ccccc1-2. The summed E-state index contributed by atoms with van der Waals surface area (Å²) in [7, 11) is 0. The molecule has 0 N–H and O–H groups in total. The van der Waals surface area contributed by atoms with Crippen LogP contribution >= 0.6 is 0 Å². The van der Waals surface area contributed by atoms with Crippen molar-refractivity contribution in [3.05, 3.63) is 222 Å². The number of rotatable bonds is 5. The first kappa shape index (κ1) is 35.2. The van der Waals surface area contributed by atoms with Crippen molar-refractivity contribution in [2.45, 2.75) is 26.2 Å². The third-order valence-corrected chi connectivity index (χ3v) is 12.8. The van der Waals surface area contributed by atoms with Crippen molar-refractivity contribution < 1.29 is 0 Å². The van der Waals surface area contributed by atoms with E-state index in [1.807, 2.05) is 6.07 Å². The minimum Gasteiger partial charge on any atom is -0.307 e. The summed E-state index contributed by atoms with van der Waals surface area (Å²) in [5.41, 5.74) is 20.6. The van der Waals surface area contributed by atoms with Gasteiger partial charge in [-0.1, -0.05) is 183 Å². The van der Waals surface area contributed by atoms with E-state index < -0.39 is 0 Å². The molecule has 4 heteroatoms. The molecule has 2 aromatic heterocycles. The second-order valence-electron chi connectivity index (χ2n) is 16.7. The van der Waals surface area contributed by atoms with Gasteiger partial charge in [0.1, 0.15) is 0 Å². The molecule has 288 valence electrons. The van der Waals surface area contributed by atoms with E-state index in [1.165, 1.54) is 44.2 Å². The standard InChI is InChI=1S/C57H40N4/c1-36-34-51(58-56(38-20-8-5-9-21-38)59-53(36)47-28-17-27-44-41-24-10-13-29-48(41)57(2,3)52(44)47)61-50-31-15-12-26-43(50)46-33-32-45-42-25-11-14-30-49(42)60(54(45)55(46)61)40-23-16-22-39(35-40)37-18-6-4-7-19-37/h4-33,35H,1-3H3. The summed E-state index contributed by atoms with van der Waals surface area (Å²) in [4.78, 5) is 11.1. The van der Waals surface area contributed by atoms with Crippen molar-refractivity contribution in [1.29, 1.82) is 0 Å². The monoisotopic (exact) mass is 780 g/mol. The van der Waals surface area contributed by atoms with E-state index in [4.69, 9.17) is 9.98 Å². The number of amidine groups is 1. The molecule has 0 saturated heterocycles. The first-order valence-electron chi connectivity index (χ1n) is 21.0. The quantitative estimate of drug-likeness (QED) is 0.156. The van der Waals surface area contributed by atoms with Crippen LogP contribution in [0.5, 0.6) is 0 Å². The van der Waals surface area contributed by atoms with E-state index in [2.05, 4.69) is 218 Å². The number of benzene rings is 8. The van der Waals surface area contributed by atoms with Crippen LogP contribution in [0.4, 0.5) is 0 Å². The largest absolute Gasteiger partial charge is 0.307 e. The van der Waals surface area contributed by atoms with Crippen molar-refractivity contribution in [2.24, 2.45) is 9.98 Å². The Kier molecular flexibility index (Phi) is 7.71. The molecule has 1 aliphatic carbocycles. The Hall–Kier alpha value is -7.78. The molecule has 0 fully saturated rings. The summed E-state index contributed by atoms with van der Waals surface area (Å²) in [6, 6.07) is 67.4. The van der Waals surface area contributed by atoms with Crippen LogP contribution in [0.25, 0.3) is 77.4 Å². The Labute approximate surface area is 354 Å². The number of allylic oxidation sites excluding steroid dienone is 1. The highest BCUT2D eigenvalue weighted by Gasteiger charge is 2.38. The molecule has 0 bridgehead atoms. The molecular formula is C57H40N4. The van der Waals surface area contributed by atoms with E-state index in [1.54, 1.807) is 0 Å². The number of fused-ring (bicyclic) bond motifs is 10. The van der Waals surface area contributed by atoms with Gasteiger partial charge in [-0.15, -0.1) is 0 Å². The second kappa shape index (κ2) is 13.4. The fourth-order valence-electron chi connectivity index (χ4n) is 10.1. The topological polar surface area (TPSA) is 34.6 Å². The van der Waals surface area contributed by atoms with Crippen molar-refractivity contribution in [3.8, 4) is 27.9 Å². The fourth-order valence-corrected chi connectivity index (χ4v) is 10.1. The van der Waals surface area contributed by atoms with Crippen LogP contribution in [0.3, 0.4) is 0 Å². The summed E-state index contributed by atoms with van der Waals surface area (Å²) < 4.78 is 4.78. The molecule has 1 aliphatic heterocycles. The van der Waals surface area contributed by atoms with Gasteiger partial charge in [0.05, 0.1) is 27.8 Å². The maximum Gasteiger partial charge on any atom is 0.184 e. The molecule has 0 saturated carbocycles. The van der Waals surface area contributed by atoms with Gasteiger partial charge in [-0.3, -0.25) is 4.57 Å². The van der Waals surface area contributed by atoms with E-state index in [-0.39, 0.29) is 5.41 Å². The van der Waals surface area contributed by atoms with Gasteiger partial charge in [0.15, 0.2) is 11.7 Å². The summed E-state index contributed by atoms with van der Waals surface area (Å²) in [5, 5.41) is 4.69. The molecule has 0 atom stereocenters. The van der Waals surface area contributed by atoms with E-state index in [0.29, 0.717) is 11.7 Å². The molecule has 0 radical (unpaired) electrons. The van der Waals surface area contributed by atoms with Crippen LogP contribution in [-0.4, -0.2) is 20.7 Å². The van der Waals surface area contributed by atoms with Crippen LogP contribution in [-0.2, 0) is 5.41 Å². The number of aromatic nitrogens is 2. The Balaban J connectivity index is 1.19. The van der Waals surface area contributed by atoms with Crippen molar-refractivity contribution >= 4 is 61.0 Å². The highest BCUT2D eigenvalue weighted by Crippen LogP contribution is 2.50. The van der Waals surface area contributed by atoms with Crippen LogP contribution in [0, 0.1) is 0 Å². The van der Waals surface area contributed by atoms with Crippen molar-refractivity contribution in [3.63, 3.8) is 0 Å². The lowest BCUT2D eigenvalue weighted by molar-refractivity contribution is 0.659. The van der Waals surface area contributed by atoms with Crippen LogP contribution in [0.2, 0.25) is 0 Å². The van der Waals surface area contributed by atoms with Crippen LogP contribution in [0.1, 0.15) is 43.0 Å². The maximum absolute atomic E-state index is 5.57. The summed E-state index contributed by atoms with van der Waals surface area (Å²) in [6.07, 6.45) is 0. The molecule has 12 rings (SSSR count). The average molecular weight is 781 g/mol. The van der Waals surface area contributed by atoms with Gasteiger partial charge >= 0.3 is 0 Å². The molecule has 0 unspecified atom stereocenters. The van der Waals surface area contributed by atoms with Crippen molar-refractivity contribution in [2.75, 3.05) is 0 Å². The Morgan fingerprint density at radius 2 is 1.02 bits per heavy atom. The molecule has 0 amide bonds. The van der Waals surface area contributed by atoms with Gasteiger partial charge in [-0.2, -0.15) is 0 Å². The van der Waals surface area contributed by atoms with Gasteiger partial charge in [-0.25, -0.2) is 9.98 Å². The summed E-state index contributed by atoms with van der Waals surface area (Å²) in [6.45, 7) is 6.82. The first-order valence-corrected chi connectivity index (χ1v) is 21.0. The number of para-hydroxylation sites is 2. The lowest BCUT2D eigenvalue weighted by Crippen LogP contribution is -2.20. The van der Waals surface area contributed by atoms with Crippen LogP contribution < -0.4 is 0 Å². The van der Waals surface area contributed by atoms with E-state index in [9.17, 15) is 0 Å². The molecule has 10 aromatic rings. The first-order chi connectivity index (χ1) is 30.0. The lowest BCUT2D eigenvalue weighted by Gasteiger charge is -2.25. The number of hydrogen-bond acceptors (Lipinski definition) is 2. The Morgan fingerprint density at radius 1 is 0.459 bits per heavy atom. The lowest BCUT2D eigenvalue weighted by atomic mass is 9.78. The zero-order chi connectivity index (χ0) is 40.8. The highest BCUT2D eigenvalue weighted by atomic mass is 15.1. The zero-order valence-corrected chi connectivity index (χ0v) is 34.2. The molecule has 3 heterocycles. The summed E-state index contributed by atoms with van der Waals surface area (Å²) >= 11 is 0. The Bertz CT molecular complexity index is 3590. The zero-order valence-electron chi connectivity index (χ0n) is 34.2. The molecule has 8 aromatic carbocycles. The Morgan fingerprint density at radius 3 is 1.75 bits per heavy atom. The maximum atomic E-state index is 5.57. The second-order valence-corrected chi connectivity index (χ2v) is 16.7. The third kappa shape index (κ3) is 5.26. The predicted molar refractivity (Wildman–Crippen MR) is 255 cm³/mol. The van der Waals surface area contributed by atoms with Gasteiger partial charge in [0.2, 0.25) is 0 Å². The van der Waals surface area contributed by atoms with Gasteiger partial charge in [0.25, 0.3) is 0 Å². The molecule has 4 nitrogen and oxygen atoms in total.